The third-order valence-corrected chi connectivity index (χ3v) is 4.74. The molecule has 0 atom stereocenters. The molecule has 0 unspecified atom stereocenters. The zero-order chi connectivity index (χ0) is 20.5. The first-order chi connectivity index (χ1) is 14.0. The summed E-state index contributed by atoms with van der Waals surface area (Å²) < 4.78 is 1.96. The molecule has 0 saturated carbocycles. The van der Waals surface area contributed by atoms with Crippen molar-refractivity contribution in [1.29, 1.82) is 5.26 Å². The molecule has 1 aliphatic rings. The quantitative estimate of drug-likeness (QED) is 0.607. The lowest BCUT2D eigenvalue weighted by molar-refractivity contribution is -0.116. The largest absolute Gasteiger partial charge is 0.308 e. The van der Waals surface area contributed by atoms with Gasteiger partial charge in [-0.15, -0.1) is 0 Å². The van der Waals surface area contributed by atoms with Crippen molar-refractivity contribution in [1.82, 2.24) is 19.7 Å². The molecule has 3 heterocycles. The molecule has 1 aliphatic heterocycles. The molecule has 2 aromatic heterocycles. The number of nitriles is 1. The van der Waals surface area contributed by atoms with E-state index in [0.717, 1.165) is 4.90 Å². The molecule has 29 heavy (non-hydrogen) atoms. The Kier molecular flexibility index (Phi) is 4.66. The van der Waals surface area contributed by atoms with Gasteiger partial charge in [0.1, 0.15) is 18.2 Å². The van der Waals surface area contributed by atoms with Crippen LogP contribution in [0, 0.1) is 11.3 Å². The molecule has 0 radical (unpaired) electrons. The van der Waals surface area contributed by atoms with Gasteiger partial charge in [-0.1, -0.05) is 22.0 Å². The first kappa shape index (κ1) is 18.5. The molecular formula is C19H11BrN6O3. The molecule has 0 saturated heterocycles. The summed E-state index contributed by atoms with van der Waals surface area (Å²) in [6.45, 7) is -0.498. The fourth-order valence-corrected chi connectivity index (χ4v) is 3.29. The highest BCUT2D eigenvalue weighted by atomic mass is 79.9. The number of amides is 3. The lowest BCUT2D eigenvalue weighted by atomic mass is 10.1. The Hall–Kier alpha value is -3.84. The second-order valence-corrected chi connectivity index (χ2v) is 6.97. The van der Waals surface area contributed by atoms with Crippen LogP contribution in [0.5, 0.6) is 0 Å². The maximum Gasteiger partial charge on any atom is 0.262 e. The maximum absolute atomic E-state index is 12.6. The number of pyridine rings is 1. The van der Waals surface area contributed by atoms with Crippen LogP contribution in [0.4, 0.5) is 5.82 Å². The molecule has 1 aromatic carbocycles. The van der Waals surface area contributed by atoms with Gasteiger partial charge in [-0.3, -0.25) is 19.3 Å². The average molecular weight is 451 g/mol. The van der Waals surface area contributed by atoms with Gasteiger partial charge in [0.15, 0.2) is 11.6 Å². The average Bonchev–Trinajstić information content (AvgIpc) is 3.23. The normalized spacial score (nSPS) is 12.6. The number of aromatic nitrogens is 3. The van der Waals surface area contributed by atoms with Crippen molar-refractivity contribution in [3.63, 3.8) is 0 Å². The summed E-state index contributed by atoms with van der Waals surface area (Å²) in [5, 5.41) is 15.9. The fourth-order valence-electron chi connectivity index (χ4n) is 2.93. The molecule has 1 N–H and O–H groups in total. The van der Waals surface area contributed by atoms with Crippen LogP contribution in [0.3, 0.4) is 0 Å². The van der Waals surface area contributed by atoms with E-state index < -0.39 is 24.3 Å². The topological polar surface area (TPSA) is 121 Å². The Morgan fingerprint density at radius 2 is 1.97 bits per heavy atom. The van der Waals surface area contributed by atoms with Crippen LogP contribution in [0.15, 0.2) is 53.3 Å². The Morgan fingerprint density at radius 3 is 2.69 bits per heavy atom. The predicted molar refractivity (Wildman–Crippen MR) is 104 cm³/mol. The number of benzene rings is 1. The highest BCUT2D eigenvalue weighted by Crippen LogP contribution is 2.26. The van der Waals surface area contributed by atoms with Gasteiger partial charge in [-0.25, -0.2) is 4.98 Å². The zero-order valence-electron chi connectivity index (χ0n) is 14.7. The molecule has 142 valence electrons. The van der Waals surface area contributed by atoms with E-state index in [4.69, 9.17) is 0 Å². The van der Waals surface area contributed by atoms with Crippen molar-refractivity contribution < 1.29 is 14.4 Å². The zero-order valence-corrected chi connectivity index (χ0v) is 16.3. The summed E-state index contributed by atoms with van der Waals surface area (Å²) in [5.74, 6) is -1.25. The second kappa shape index (κ2) is 7.29. The Labute approximate surface area is 172 Å². The van der Waals surface area contributed by atoms with Gasteiger partial charge in [0.2, 0.25) is 5.91 Å². The molecule has 0 spiro atoms. The summed E-state index contributed by atoms with van der Waals surface area (Å²) in [5.41, 5.74) is 0.589. The summed E-state index contributed by atoms with van der Waals surface area (Å²) in [7, 11) is 0. The van der Waals surface area contributed by atoms with Crippen LogP contribution in [0.1, 0.15) is 26.3 Å². The first-order valence-electron chi connectivity index (χ1n) is 8.34. The number of carbonyl (C=O) groups is 3. The summed E-state index contributed by atoms with van der Waals surface area (Å²) in [4.78, 5) is 42.6. The standard InChI is InChI=1S/C19H11BrN6O3/c20-12-4-5-13-14(7-12)19(29)25(18(13)28)10-16(27)24-17-11(8-21)9-23-26(17)15-3-1-2-6-22-15/h1-7,9H,10H2,(H,24,27). The van der Waals surface area contributed by atoms with Crippen LogP contribution >= 0.6 is 15.9 Å². The molecule has 3 amide bonds. The SMILES string of the molecule is N#Cc1cnn(-c2ccccn2)c1NC(=O)CN1C(=O)c2ccc(Br)cc2C1=O. The number of carbonyl (C=O) groups excluding carboxylic acids is 3. The van der Waals surface area contributed by atoms with E-state index in [1.54, 1.807) is 30.5 Å². The molecule has 9 nitrogen and oxygen atoms in total. The smallest absolute Gasteiger partial charge is 0.262 e. The minimum atomic E-state index is -0.646. The third kappa shape index (κ3) is 3.28. The van der Waals surface area contributed by atoms with E-state index in [1.165, 1.54) is 23.0 Å². The van der Waals surface area contributed by atoms with Crippen LogP contribution in [-0.2, 0) is 4.79 Å². The Balaban J connectivity index is 1.58. The highest BCUT2D eigenvalue weighted by Gasteiger charge is 2.37. The number of hydrogen-bond donors (Lipinski definition) is 1. The summed E-state index contributed by atoms with van der Waals surface area (Å²) >= 11 is 3.26. The van der Waals surface area contributed by atoms with Crippen molar-refractivity contribution in [2.75, 3.05) is 11.9 Å². The van der Waals surface area contributed by atoms with E-state index >= 15 is 0 Å². The van der Waals surface area contributed by atoms with Gasteiger partial charge in [0, 0.05) is 10.7 Å². The molecular weight excluding hydrogens is 440 g/mol. The number of hydrogen-bond acceptors (Lipinski definition) is 6. The Bertz CT molecular complexity index is 1200. The molecule has 0 aliphatic carbocycles. The van der Waals surface area contributed by atoms with E-state index in [0.29, 0.717) is 10.3 Å². The van der Waals surface area contributed by atoms with E-state index in [2.05, 4.69) is 31.3 Å². The Morgan fingerprint density at radius 1 is 1.17 bits per heavy atom. The number of rotatable bonds is 4. The van der Waals surface area contributed by atoms with Crippen LogP contribution in [-0.4, -0.2) is 43.9 Å². The fraction of sp³-hybridized carbons (Fsp3) is 0.0526. The number of nitrogens with zero attached hydrogens (tertiary/aromatic N) is 5. The second-order valence-electron chi connectivity index (χ2n) is 6.05. The predicted octanol–water partition coefficient (Wildman–Crippen LogP) is 2.14. The van der Waals surface area contributed by atoms with Crippen LogP contribution in [0.25, 0.3) is 5.82 Å². The van der Waals surface area contributed by atoms with Gasteiger partial charge in [0.25, 0.3) is 11.8 Å². The van der Waals surface area contributed by atoms with Crippen molar-refractivity contribution in [2.45, 2.75) is 0 Å². The molecule has 3 aromatic rings. The van der Waals surface area contributed by atoms with E-state index in [-0.39, 0.29) is 22.5 Å². The third-order valence-electron chi connectivity index (χ3n) is 4.25. The van der Waals surface area contributed by atoms with Crippen molar-refractivity contribution in [2.24, 2.45) is 0 Å². The van der Waals surface area contributed by atoms with Gasteiger partial charge >= 0.3 is 0 Å². The summed E-state index contributed by atoms with van der Waals surface area (Å²) in [6.07, 6.45) is 2.84. The van der Waals surface area contributed by atoms with Crippen molar-refractivity contribution >= 4 is 39.5 Å². The van der Waals surface area contributed by atoms with Crippen molar-refractivity contribution in [3.8, 4) is 11.9 Å². The maximum atomic E-state index is 12.6. The first-order valence-corrected chi connectivity index (χ1v) is 9.14. The van der Waals surface area contributed by atoms with Gasteiger partial charge in [-0.2, -0.15) is 15.0 Å². The molecule has 0 bridgehead atoms. The van der Waals surface area contributed by atoms with Gasteiger partial charge < -0.3 is 5.32 Å². The molecule has 0 fully saturated rings. The lowest BCUT2D eigenvalue weighted by Crippen LogP contribution is -2.37. The summed E-state index contributed by atoms with van der Waals surface area (Å²) in [6, 6.07) is 11.8. The number of fused-ring (bicyclic) bond motifs is 1. The minimum absolute atomic E-state index is 0.107. The highest BCUT2D eigenvalue weighted by molar-refractivity contribution is 9.10. The van der Waals surface area contributed by atoms with E-state index in [9.17, 15) is 19.6 Å². The molecule has 4 rings (SSSR count). The monoisotopic (exact) mass is 450 g/mol. The number of nitrogens with one attached hydrogen (secondary N) is 1. The van der Waals surface area contributed by atoms with Crippen molar-refractivity contribution in [3.05, 3.63) is 70.0 Å². The lowest BCUT2D eigenvalue weighted by Gasteiger charge is -2.14. The van der Waals surface area contributed by atoms with Gasteiger partial charge in [0.05, 0.1) is 17.3 Å². The number of halogens is 1. The van der Waals surface area contributed by atoms with Gasteiger partial charge in [-0.05, 0) is 30.3 Å². The minimum Gasteiger partial charge on any atom is -0.308 e. The van der Waals surface area contributed by atoms with E-state index in [1.807, 2.05) is 6.07 Å². The molecule has 10 heteroatoms. The number of imide groups is 1. The van der Waals surface area contributed by atoms with Crippen LogP contribution < -0.4 is 5.32 Å². The number of anilines is 1. The van der Waals surface area contributed by atoms with Crippen LogP contribution in [0.2, 0.25) is 0 Å².